The van der Waals surface area contributed by atoms with Crippen LogP contribution in [0, 0.1) is 0 Å². The van der Waals surface area contributed by atoms with Crippen LogP contribution in [0.3, 0.4) is 0 Å². The van der Waals surface area contributed by atoms with Gasteiger partial charge >= 0.3 is 0 Å². The molecule has 0 fully saturated rings. The number of nitrogens with one attached hydrogen (secondary N) is 1. The van der Waals surface area contributed by atoms with Crippen LogP contribution in [0.1, 0.15) is 13.8 Å². The first-order valence-corrected chi connectivity index (χ1v) is 6.62. The molecule has 0 saturated heterocycles. The third kappa shape index (κ3) is 2.80. The molecule has 0 bridgehead atoms. The maximum Gasteiger partial charge on any atom is 0.206 e. The molecule has 1 aromatic carbocycles. The minimum absolute atomic E-state index is 0.380. The smallest absolute Gasteiger partial charge is 0.206 e. The Labute approximate surface area is 107 Å². The third-order valence-corrected chi connectivity index (χ3v) is 3.36. The zero-order valence-corrected chi connectivity index (χ0v) is 11.5. The SMILES string of the molecule is CC(C)Nc1nnc(-c2ccc(Br)cc2)s1. The number of nitrogens with zero attached hydrogens (tertiary/aromatic N) is 2. The summed E-state index contributed by atoms with van der Waals surface area (Å²) in [5.41, 5.74) is 1.09. The molecule has 1 N–H and O–H groups in total. The second-order valence-electron chi connectivity index (χ2n) is 3.72. The molecule has 84 valence electrons. The van der Waals surface area contributed by atoms with Crippen LogP contribution in [0.2, 0.25) is 0 Å². The normalized spacial score (nSPS) is 10.8. The van der Waals surface area contributed by atoms with Gasteiger partial charge in [0.25, 0.3) is 0 Å². The molecule has 0 saturated carbocycles. The Morgan fingerprint density at radius 3 is 2.50 bits per heavy atom. The van der Waals surface area contributed by atoms with Crippen molar-refractivity contribution >= 4 is 32.4 Å². The molecule has 0 aliphatic carbocycles. The van der Waals surface area contributed by atoms with Gasteiger partial charge in [-0.05, 0) is 26.0 Å². The maximum absolute atomic E-state index is 4.16. The number of aromatic nitrogens is 2. The van der Waals surface area contributed by atoms with E-state index in [2.05, 4.69) is 45.3 Å². The Bertz CT molecular complexity index is 464. The van der Waals surface area contributed by atoms with Crippen LogP contribution in [0.4, 0.5) is 5.13 Å². The van der Waals surface area contributed by atoms with E-state index in [1.165, 1.54) is 0 Å². The standard InChI is InChI=1S/C11H12BrN3S/c1-7(2)13-11-15-14-10(16-11)8-3-5-9(12)6-4-8/h3-7H,1-2H3,(H,13,15). The number of halogens is 1. The maximum atomic E-state index is 4.16. The van der Waals surface area contributed by atoms with E-state index in [1.54, 1.807) is 11.3 Å². The molecule has 0 unspecified atom stereocenters. The molecule has 0 radical (unpaired) electrons. The first-order chi connectivity index (χ1) is 7.65. The molecule has 2 rings (SSSR count). The summed E-state index contributed by atoms with van der Waals surface area (Å²) in [5, 5.41) is 13.3. The largest absolute Gasteiger partial charge is 0.358 e. The summed E-state index contributed by atoms with van der Waals surface area (Å²) in [6.07, 6.45) is 0. The molecule has 16 heavy (non-hydrogen) atoms. The fourth-order valence-electron chi connectivity index (χ4n) is 1.24. The zero-order valence-electron chi connectivity index (χ0n) is 9.07. The van der Waals surface area contributed by atoms with Gasteiger partial charge in [-0.1, -0.05) is 39.4 Å². The van der Waals surface area contributed by atoms with Crippen LogP contribution in [-0.2, 0) is 0 Å². The van der Waals surface area contributed by atoms with Crippen LogP contribution in [0.15, 0.2) is 28.7 Å². The Morgan fingerprint density at radius 2 is 1.88 bits per heavy atom. The van der Waals surface area contributed by atoms with E-state index in [0.717, 1.165) is 20.2 Å². The topological polar surface area (TPSA) is 37.8 Å². The highest BCUT2D eigenvalue weighted by molar-refractivity contribution is 9.10. The summed E-state index contributed by atoms with van der Waals surface area (Å²) in [6.45, 7) is 4.17. The van der Waals surface area contributed by atoms with E-state index in [9.17, 15) is 0 Å². The molecular weight excluding hydrogens is 286 g/mol. The van der Waals surface area contributed by atoms with E-state index in [4.69, 9.17) is 0 Å². The van der Waals surface area contributed by atoms with Gasteiger partial charge in [0.15, 0.2) is 0 Å². The van der Waals surface area contributed by atoms with Gasteiger partial charge in [-0.15, -0.1) is 10.2 Å². The van der Waals surface area contributed by atoms with E-state index in [0.29, 0.717) is 6.04 Å². The molecule has 0 aliphatic heterocycles. The molecule has 1 aromatic heterocycles. The highest BCUT2D eigenvalue weighted by atomic mass is 79.9. The lowest BCUT2D eigenvalue weighted by molar-refractivity contribution is 0.888. The minimum Gasteiger partial charge on any atom is -0.358 e. The summed E-state index contributed by atoms with van der Waals surface area (Å²) in [5.74, 6) is 0. The van der Waals surface area contributed by atoms with E-state index in [-0.39, 0.29) is 0 Å². The van der Waals surface area contributed by atoms with Gasteiger partial charge in [0.2, 0.25) is 5.13 Å². The summed E-state index contributed by atoms with van der Waals surface area (Å²) in [6, 6.07) is 8.46. The summed E-state index contributed by atoms with van der Waals surface area (Å²) in [7, 11) is 0. The van der Waals surface area contributed by atoms with Gasteiger partial charge in [-0.2, -0.15) is 0 Å². The van der Waals surface area contributed by atoms with Gasteiger partial charge in [-0.25, -0.2) is 0 Å². The summed E-state index contributed by atoms with van der Waals surface area (Å²) >= 11 is 4.98. The fraction of sp³-hybridized carbons (Fsp3) is 0.273. The zero-order chi connectivity index (χ0) is 11.5. The van der Waals surface area contributed by atoms with Crippen molar-refractivity contribution in [3.8, 4) is 10.6 Å². The Kier molecular flexibility index (Phi) is 3.56. The molecule has 0 atom stereocenters. The van der Waals surface area contributed by atoms with Crippen molar-refractivity contribution in [2.45, 2.75) is 19.9 Å². The highest BCUT2D eigenvalue weighted by Gasteiger charge is 2.06. The monoisotopic (exact) mass is 297 g/mol. The lowest BCUT2D eigenvalue weighted by Gasteiger charge is -2.03. The van der Waals surface area contributed by atoms with Crippen molar-refractivity contribution in [3.05, 3.63) is 28.7 Å². The van der Waals surface area contributed by atoms with E-state index in [1.807, 2.05) is 24.3 Å². The molecule has 3 nitrogen and oxygen atoms in total. The highest BCUT2D eigenvalue weighted by Crippen LogP contribution is 2.27. The van der Waals surface area contributed by atoms with Crippen molar-refractivity contribution < 1.29 is 0 Å². The van der Waals surface area contributed by atoms with Gasteiger partial charge < -0.3 is 5.32 Å². The molecule has 1 heterocycles. The van der Waals surface area contributed by atoms with Gasteiger partial charge in [0, 0.05) is 16.1 Å². The molecule has 0 spiro atoms. The lowest BCUT2D eigenvalue weighted by atomic mass is 10.2. The van der Waals surface area contributed by atoms with E-state index < -0.39 is 0 Å². The first kappa shape index (κ1) is 11.5. The first-order valence-electron chi connectivity index (χ1n) is 5.01. The quantitative estimate of drug-likeness (QED) is 0.937. The predicted molar refractivity (Wildman–Crippen MR) is 71.8 cm³/mol. The Morgan fingerprint density at radius 1 is 1.19 bits per heavy atom. The van der Waals surface area contributed by atoms with Crippen molar-refractivity contribution in [1.29, 1.82) is 0 Å². The van der Waals surface area contributed by atoms with Crippen molar-refractivity contribution in [2.24, 2.45) is 0 Å². The van der Waals surface area contributed by atoms with Crippen LogP contribution in [0.5, 0.6) is 0 Å². The average molecular weight is 298 g/mol. The number of anilines is 1. The van der Waals surface area contributed by atoms with Gasteiger partial charge in [-0.3, -0.25) is 0 Å². The second-order valence-corrected chi connectivity index (χ2v) is 5.61. The number of benzene rings is 1. The number of rotatable bonds is 3. The van der Waals surface area contributed by atoms with Crippen LogP contribution in [0.25, 0.3) is 10.6 Å². The van der Waals surface area contributed by atoms with Crippen molar-refractivity contribution in [1.82, 2.24) is 10.2 Å². The Hall–Kier alpha value is -0.940. The van der Waals surface area contributed by atoms with Gasteiger partial charge in [0.1, 0.15) is 5.01 Å². The molecule has 2 aromatic rings. The molecule has 0 aliphatic rings. The predicted octanol–water partition coefficient (Wildman–Crippen LogP) is 3.79. The second kappa shape index (κ2) is 4.93. The Balaban J connectivity index is 2.21. The van der Waals surface area contributed by atoms with Crippen molar-refractivity contribution in [3.63, 3.8) is 0 Å². The minimum atomic E-state index is 0.380. The summed E-state index contributed by atoms with van der Waals surface area (Å²) < 4.78 is 1.07. The van der Waals surface area contributed by atoms with Crippen LogP contribution < -0.4 is 5.32 Å². The number of hydrogen-bond acceptors (Lipinski definition) is 4. The van der Waals surface area contributed by atoms with Crippen LogP contribution in [-0.4, -0.2) is 16.2 Å². The van der Waals surface area contributed by atoms with Crippen LogP contribution >= 0.6 is 27.3 Å². The fourth-order valence-corrected chi connectivity index (χ4v) is 2.40. The molecular formula is C11H12BrN3S. The third-order valence-electron chi connectivity index (χ3n) is 1.93. The van der Waals surface area contributed by atoms with Crippen molar-refractivity contribution in [2.75, 3.05) is 5.32 Å². The van der Waals surface area contributed by atoms with Gasteiger partial charge in [0.05, 0.1) is 0 Å². The molecule has 0 amide bonds. The summed E-state index contributed by atoms with van der Waals surface area (Å²) in [4.78, 5) is 0. The van der Waals surface area contributed by atoms with E-state index >= 15 is 0 Å². The lowest BCUT2D eigenvalue weighted by Crippen LogP contribution is -2.08. The average Bonchev–Trinajstić information content (AvgIpc) is 2.66. The number of hydrogen-bond donors (Lipinski definition) is 1. The molecule has 5 heteroatoms.